The van der Waals surface area contributed by atoms with Gasteiger partial charge >= 0.3 is 0 Å². The third-order valence-corrected chi connectivity index (χ3v) is 5.21. The minimum atomic E-state index is 0.671. The van der Waals surface area contributed by atoms with Gasteiger partial charge in [-0.2, -0.15) is 0 Å². The van der Waals surface area contributed by atoms with E-state index < -0.39 is 0 Å². The summed E-state index contributed by atoms with van der Waals surface area (Å²) in [4.78, 5) is 2.82. The van der Waals surface area contributed by atoms with E-state index in [4.69, 9.17) is 0 Å². The van der Waals surface area contributed by atoms with Crippen molar-refractivity contribution in [3.8, 4) is 0 Å². The third kappa shape index (κ3) is 4.73. The zero-order valence-corrected chi connectivity index (χ0v) is 14.8. The second-order valence-electron chi connectivity index (χ2n) is 7.08. The quantitative estimate of drug-likeness (QED) is 0.714. The van der Waals surface area contributed by atoms with Crippen molar-refractivity contribution in [2.45, 2.75) is 91.8 Å². The molecule has 5 unspecified atom stereocenters. The number of hydrogen-bond acceptors (Lipinski definition) is 2. The van der Waals surface area contributed by atoms with Gasteiger partial charge in [0.2, 0.25) is 0 Å². The molecule has 1 saturated heterocycles. The Kier molecular flexibility index (Phi) is 8.13. The topological polar surface area (TPSA) is 15.3 Å². The maximum absolute atomic E-state index is 3.83. The fraction of sp³-hybridized carbons (Fsp3) is 1.00. The van der Waals surface area contributed by atoms with E-state index in [0.717, 1.165) is 24.4 Å². The zero-order chi connectivity index (χ0) is 15.1. The summed E-state index contributed by atoms with van der Waals surface area (Å²) in [6.45, 7) is 16.7. The van der Waals surface area contributed by atoms with E-state index >= 15 is 0 Å². The van der Waals surface area contributed by atoms with E-state index in [2.05, 4.69) is 51.8 Å². The van der Waals surface area contributed by atoms with Gasteiger partial charge in [0.15, 0.2) is 0 Å². The molecule has 0 aromatic carbocycles. The van der Waals surface area contributed by atoms with Gasteiger partial charge in [-0.1, -0.05) is 41.0 Å². The van der Waals surface area contributed by atoms with Crippen LogP contribution >= 0.6 is 0 Å². The van der Waals surface area contributed by atoms with Crippen LogP contribution in [-0.4, -0.2) is 36.1 Å². The Balaban J connectivity index is 2.78. The first-order valence-corrected chi connectivity index (χ1v) is 9.04. The molecular formula is C18H38N2. The summed E-state index contributed by atoms with van der Waals surface area (Å²) in [5.74, 6) is 1.69. The molecule has 1 heterocycles. The van der Waals surface area contributed by atoms with Crippen LogP contribution in [0.25, 0.3) is 0 Å². The van der Waals surface area contributed by atoms with Gasteiger partial charge in [0.25, 0.3) is 0 Å². The molecule has 1 aliphatic heterocycles. The van der Waals surface area contributed by atoms with Gasteiger partial charge in [-0.3, -0.25) is 4.90 Å². The van der Waals surface area contributed by atoms with Gasteiger partial charge in [0.05, 0.1) is 0 Å². The van der Waals surface area contributed by atoms with E-state index in [9.17, 15) is 0 Å². The number of rotatable bonds is 8. The Morgan fingerprint density at radius 2 is 1.80 bits per heavy atom. The maximum Gasteiger partial charge on any atom is 0.0249 e. The van der Waals surface area contributed by atoms with Crippen LogP contribution < -0.4 is 5.32 Å². The Morgan fingerprint density at radius 3 is 2.35 bits per heavy atom. The molecule has 1 N–H and O–H groups in total. The summed E-state index contributed by atoms with van der Waals surface area (Å²) in [6.07, 6.45) is 6.49. The molecule has 0 radical (unpaired) electrons. The molecule has 1 fully saturated rings. The molecule has 0 spiro atoms. The zero-order valence-electron chi connectivity index (χ0n) is 14.8. The van der Waals surface area contributed by atoms with Crippen LogP contribution in [0.2, 0.25) is 0 Å². The van der Waals surface area contributed by atoms with E-state index in [0.29, 0.717) is 12.1 Å². The van der Waals surface area contributed by atoms with Crippen LogP contribution in [0.3, 0.4) is 0 Å². The molecule has 0 aliphatic carbocycles. The van der Waals surface area contributed by atoms with Crippen LogP contribution in [0.4, 0.5) is 0 Å². The Bertz CT molecular complexity index is 254. The van der Waals surface area contributed by atoms with Gasteiger partial charge in [0, 0.05) is 24.7 Å². The number of piperidine rings is 1. The van der Waals surface area contributed by atoms with Crippen LogP contribution in [0, 0.1) is 11.8 Å². The minimum Gasteiger partial charge on any atom is -0.312 e. The average Bonchev–Trinajstić information content (AvgIpc) is 2.42. The molecule has 2 heteroatoms. The van der Waals surface area contributed by atoms with Gasteiger partial charge < -0.3 is 5.32 Å². The molecule has 0 bridgehead atoms. The van der Waals surface area contributed by atoms with Crippen molar-refractivity contribution in [3.63, 3.8) is 0 Å². The number of likely N-dealkylation sites (tertiary alicyclic amines) is 1. The Hall–Kier alpha value is -0.0800. The summed E-state index contributed by atoms with van der Waals surface area (Å²) in [6, 6.07) is 2.12. The van der Waals surface area contributed by atoms with E-state index in [1.807, 2.05) is 0 Å². The molecule has 20 heavy (non-hydrogen) atoms. The number of nitrogens with one attached hydrogen (secondary N) is 1. The second-order valence-corrected chi connectivity index (χ2v) is 7.08. The predicted octanol–water partition coefficient (Wildman–Crippen LogP) is 4.30. The van der Waals surface area contributed by atoms with Gasteiger partial charge in [-0.25, -0.2) is 0 Å². The lowest BCUT2D eigenvalue weighted by molar-refractivity contribution is 0.0217. The molecule has 0 aromatic rings. The van der Waals surface area contributed by atoms with Crippen LogP contribution in [-0.2, 0) is 0 Å². The second kappa shape index (κ2) is 9.04. The summed E-state index contributed by atoms with van der Waals surface area (Å²) >= 11 is 0. The fourth-order valence-electron chi connectivity index (χ4n) is 4.02. The molecule has 2 nitrogen and oxygen atoms in total. The molecule has 0 aromatic heterocycles. The average molecular weight is 283 g/mol. The van der Waals surface area contributed by atoms with Crippen molar-refractivity contribution in [1.82, 2.24) is 10.2 Å². The molecule has 0 saturated carbocycles. The van der Waals surface area contributed by atoms with E-state index in [1.165, 1.54) is 38.6 Å². The van der Waals surface area contributed by atoms with E-state index in [1.54, 1.807) is 0 Å². The lowest BCUT2D eigenvalue weighted by Gasteiger charge is -2.48. The first-order valence-electron chi connectivity index (χ1n) is 9.04. The summed E-state index contributed by atoms with van der Waals surface area (Å²) < 4.78 is 0. The lowest BCUT2D eigenvalue weighted by atomic mass is 9.83. The van der Waals surface area contributed by atoms with Crippen molar-refractivity contribution in [2.24, 2.45) is 11.8 Å². The van der Waals surface area contributed by atoms with Crippen LogP contribution in [0.15, 0.2) is 0 Å². The largest absolute Gasteiger partial charge is 0.312 e. The maximum atomic E-state index is 3.83. The summed E-state index contributed by atoms with van der Waals surface area (Å²) in [5, 5.41) is 3.83. The summed E-state index contributed by atoms with van der Waals surface area (Å²) in [7, 11) is 0. The van der Waals surface area contributed by atoms with Crippen molar-refractivity contribution in [1.29, 1.82) is 0 Å². The minimum absolute atomic E-state index is 0.671. The third-order valence-electron chi connectivity index (χ3n) is 5.21. The normalized spacial score (nSPS) is 31.2. The molecule has 1 aliphatic rings. The van der Waals surface area contributed by atoms with Crippen molar-refractivity contribution in [3.05, 3.63) is 0 Å². The highest BCUT2D eigenvalue weighted by atomic mass is 15.2. The Labute approximate surface area is 127 Å². The first kappa shape index (κ1) is 18.0. The number of nitrogens with zero attached hydrogens (tertiary/aromatic N) is 1. The standard InChI is InChI=1S/C18H38N2/c1-7-10-17(19-11-8-2)18(9-3)20-13-14(4)12-15(5)16(20)6/h14-19H,7-13H2,1-6H3. The Morgan fingerprint density at radius 1 is 1.10 bits per heavy atom. The predicted molar refractivity (Wildman–Crippen MR) is 90.2 cm³/mol. The monoisotopic (exact) mass is 282 g/mol. The van der Waals surface area contributed by atoms with Gasteiger partial charge in [-0.15, -0.1) is 0 Å². The molecule has 120 valence electrons. The fourth-order valence-corrected chi connectivity index (χ4v) is 4.02. The van der Waals surface area contributed by atoms with E-state index in [-0.39, 0.29) is 0 Å². The smallest absolute Gasteiger partial charge is 0.0249 e. The van der Waals surface area contributed by atoms with Crippen molar-refractivity contribution in [2.75, 3.05) is 13.1 Å². The highest BCUT2D eigenvalue weighted by molar-refractivity contribution is 4.91. The molecule has 0 amide bonds. The molecular weight excluding hydrogens is 244 g/mol. The van der Waals surface area contributed by atoms with Gasteiger partial charge in [-0.05, 0) is 51.0 Å². The first-order chi connectivity index (χ1) is 9.54. The van der Waals surface area contributed by atoms with Crippen molar-refractivity contribution >= 4 is 0 Å². The van der Waals surface area contributed by atoms with Crippen molar-refractivity contribution < 1.29 is 0 Å². The molecule has 1 rings (SSSR count). The number of hydrogen-bond donors (Lipinski definition) is 1. The van der Waals surface area contributed by atoms with Crippen LogP contribution in [0.5, 0.6) is 0 Å². The SMILES string of the molecule is CCCNC(CCC)C(CC)N1CC(C)CC(C)C1C. The van der Waals surface area contributed by atoms with Crippen LogP contribution in [0.1, 0.15) is 73.6 Å². The summed E-state index contributed by atoms with van der Waals surface area (Å²) in [5.41, 5.74) is 0. The van der Waals surface area contributed by atoms with Gasteiger partial charge in [0.1, 0.15) is 0 Å². The molecule has 5 atom stereocenters. The highest BCUT2D eigenvalue weighted by Gasteiger charge is 2.35. The highest BCUT2D eigenvalue weighted by Crippen LogP contribution is 2.30. The lowest BCUT2D eigenvalue weighted by Crippen LogP contribution is -2.57.